The maximum absolute atomic E-state index is 12.5. The highest BCUT2D eigenvalue weighted by molar-refractivity contribution is 5.91. The summed E-state index contributed by atoms with van der Waals surface area (Å²) in [6.45, 7) is 10.3. The van der Waals surface area contributed by atoms with Crippen LogP contribution in [0.5, 0.6) is 0 Å². The van der Waals surface area contributed by atoms with E-state index in [1.807, 2.05) is 26.8 Å². The van der Waals surface area contributed by atoms with E-state index in [1.165, 1.54) is 5.57 Å². The van der Waals surface area contributed by atoms with Gasteiger partial charge in [-0.1, -0.05) is 24.1 Å². The largest absolute Gasteiger partial charge is 0.462 e. The van der Waals surface area contributed by atoms with E-state index in [1.54, 1.807) is 0 Å². The Bertz CT molecular complexity index is 800. The first-order valence-electron chi connectivity index (χ1n) is 11.8. The fourth-order valence-electron chi connectivity index (χ4n) is 7.21. The highest BCUT2D eigenvalue weighted by Gasteiger charge is 2.58. The van der Waals surface area contributed by atoms with E-state index in [4.69, 9.17) is 4.74 Å². The topological polar surface area (TPSA) is 63.6 Å². The number of ketones is 1. The number of esters is 1. The van der Waals surface area contributed by atoms with Crippen LogP contribution in [0.25, 0.3) is 0 Å². The number of allylic oxidation sites excluding steroid dienone is 3. The van der Waals surface area contributed by atoms with Crippen LogP contribution >= 0.6 is 0 Å². The van der Waals surface area contributed by atoms with Crippen molar-refractivity contribution in [3.63, 3.8) is 0 Å². The van der Waals surface area contributed by atoms with Crippen LogP contribution in [0.3, 0.4) is 0 Å². The van der Waals surface area contributed by atoms with Crippen molar-refractivity contribution < 1.29 is 19.4 Å². The molecule has 0 amide bonds. The van der Waals surface area contributed by atoms with E-state index in [9.17, 15) is 14.7 Å². The van der Waals surface area contributed by atoms with Crippen molar-refractivity contribution in [2.24, 2.45) is 34.0 Å². The maximum Gasteiger partial charge on any atom is 0.311 e. The van der Waals surface area contributed by atoms with Crippen molar-refractivity contribution in [3.05, 3.63) is 23.3 Å². The van der Waals surface area contributed by atoms with Crippen LogP contribution in [0.15, 0.2) is 23.3 Å². The molecule has 6 atom stereocenters. The predicted octanol–water partition coefficient (Wildman–Crippen LogP) is 5.00. The number of aliphatic hydroxyl groups excluding tert-OH is 1. The van der Waals surface area contributed by atoms with E-state index in [0.717, 1.165) is 44.1 Å². The van der Waals surface area contributed by atoms with E-state index in [0.29, 0.717) is 24.2 Å². The van der Waals surface area contributed by atoms with Gasteiger partial charge in [-0.05, 0) is 89.5 Å². The minimum Gasteiger partial charge on any atom is -0.462 e. The zero-order chi connectivity index (χ0) is 21.9. The molecule has 0 radical (unpaired) electrons. The Labute approximate surface area is 181 Å². The number of carbonyl (C=O) groups excluding carboxylic acids is 2. The summed E-state index contributed by atoms with van der Waals surface area (Å²) in [5.41, 5.74) is 2.08. The Morgan fingerprint density at radius 3 is 2.63 bits per heavy atom. The lowest BCUT2D eigenvalue weighted by molar-refractivity contribution is -0.163. The zero-order valence-corrected chi connectivity index (χ0v) is 19.3. The Hall–Kier alpha value is -1.42. The molecule has 1 N–H and O–H groups in total. The molecular formula is C26H38O4. The summed E-state index contributed by atoms with van der Waals surface area (Å²) in [7, 11) is 0. The fourth-order valence-corrected chi connectivity index (χ4v) is 7.21. The number of rotatable bonds is 3. The van der Waals surface area contributed by atoms with Crippen LogP contribution in [0.1, 0.15) is 79.6 Å². The van der Waals surface area contributed by atoms with Crippen LogP contribution < -0.4 is 0 Å². The minimum absolute atomic E-state index is 0.0815. The highest BCUT2D eigenvalue weighted by Crippen LogP contribution is 2.65. The van der Waals surface area contributed by atoms with E-state index < -0.39 is 5.41 Å². The van der Waals surface area contributed by atoms with Gasteiger partial charge in [-0.3, -0.25) is 9.59 Å². The minimum atomic E-state index is -0.481. The van der Waals surface area contributed by atoms with Crippen molar-refractivity contribution in [1.82, 2.24) is 0 Å². The van der Waals surface area contributed by atoms with Crippen LogP contribution in [0, 0.1) is 34.0 Å². The molecular weight excluding hydrogens is 376 g/mol. The molecule has 0 saturated heterocycles. The van der Waals surface area contributed by atoms with Crippen molar-refractivity contribution in [3.8, 4) is 0 Å². The SMILES string of the molecule is C[C@H](OC(=O)C(C)(C)C)[C@H]1CC[C@H]2C3=CCC4=CC(=O)CC[C@]4(CO)[C@H]3CC[C@]12C. The Morgan fingerprint density at radius 2 is 1.97 bits per heavy atom. The monoisotopic (exact) mass is 414 g/mol. The molecule has 0 aromatic carbocycles. The molecule has 0 heterocycles. The zero-order valence-electron chi connectivity index (χ0n) is 19.3. The fraction of sp³-hybridized carbons (Fsp3) is 0.769. The maximum atomic E-state index is 12.5. The molecule has 4 nitrogen and oxygen atoms in total. The van der Waals surface area contributed by atoms with Gasteiger partial charge in [0.05, 0.1) is 12.0 Å². The number of aliphatic hydroxyl groups is 1. The van der Waals surface area contributed by atoms with Crippen molar-refractivity contribution in [2.75, 3.05) is 6.61 Å². The number of carbonyl (C=O) groups is 2. The molecule has 4 aliphatic rings. The Kier molecular flexibility index (Phi) is 5.32. The lowest BCUT2D eigenvalue weighted by Crippen LogP contribution is -2.49. The molecule has 0 aromatic heterocycles. The third kappa shape index (κ3) is 3.21. The molecule has 4 rings (SSSR count). The predicted molar refractivity (Wildman–Crippen MR) is 117 cm³/mol. The van der Waals surface area contributed by atoms with E-state index in [-0.39, 0.29) is 35.3 Å². The summed E-state index contributed by atoms with van der Waals surface area (Å²) in [5, 5.41) is 10.5. The van der Waals surface area contributed by atoms with Crippen molar-refractivity contribution >= 4 is 11.8 Å². The molecule has 2 saturated carbocycles. The number of ether oxygens (including phenoxy) is 1. The van der Waals surface area contributed by atoms with Gasteiger partial charge in [-0.2, -0.15) is 0 Å². The molecule has 4 aliphatic carbocycles. The molecule has 2 fully saturated rings. The summed E-state index contributed by atoms with van der Waals surface area (Å²) < 4.78 is 5.94. The van der Waals surface area contributed by atoms with Gasteiger partial charge in [0.2, 0.25) is 0 Å². The third-order valence-corrected chi connectivity index (χ3v) is 8.96. The number of hydrogen-bond acceptors (Lipinski definition) is 4. The summed E-state index contributed by atoms with van der Waals surface area (Å²) in [4.78, 5) is 24.5. The molecule has 0 unspecified atom stereocenters. The molecule has 0 aromatic rings. The second kappa shape index (κ2) is 7.32. The summed E-state index contributed by atoms with van der Waals surface area (Å²) in [6.07, 6.45) is 10.6. The molecule has 0 bridgehead atoms. The quantitative estimate of drug-likeness (QED) is 0.521. The first-order valence-corrected chi connectivity index (χ1v) is 11.8. The first kappa shape index (κ1) is 21.8. The standard InChI is InChI=1S/C26H38O4/c1-16(30-23(29)24(2,3)4)20-8-9-21-19-7-6-17-14-18(28)10-13-26(17,15-27)22(19)11-12-25(20,21)5/h7,14,16,20-22,27H,6,8-13,15H2,1-5H3/t16-,20+,21-,22-,25+,26+/m0/s1. The average molecular weight is 415 g/mol. The number of fused-ring (bicyclic) bond motifs is 5. The van der Waals surface area contributed by atoms with Gasteiger partial charge in [0.15, 0.2) is 5.78 Å². The van der Waals surface area contributed by atoms with Crippen molar-refractivity contribution in [2.45, 2.75) is 85.7 Å². The Morgan fingerprint density at radius 1 is 1.23 bits per heavy atom. The highest BCUT2D eigenvalue weighted by atomic mass is 16.5. The van der Waals surface area contributed by atoms with Gasteiger partial charge in [-0.15, -0.1) is 0 Å². The first-order chi connectivity index (χ1) is 14.0. The molecule has 166 valence electrons. The second-order valence-electron chi connectivity index (χ2n) is 11.6. The van der Waals surface area contributed by atoms with Crippen LogP contribution in [-0.4, -0.2) is 29.6 Å². The van der Waals surface area contributed by atoms with Crippen molar-refractivity contribution in [1.29, 1.82) is 0 Å². The third-order valence-electron chi connectivity index (χ3n) is 8.96. The second-order valence-corrected chi connectivity index (χ2v) is 11.6. The van der Waals surface area contributed by atoms with Crippen LogP contribution in [0.4, 0.5) is 0 Å². The summed E-state index contributed by atoms with van der Waals surface area (Å²) >= 11 is 0. The van der Waals surface area contributed by atoms with Gasteiger partial charge in [-0.25, -0.2) is 0 Å². The average Bonchev–Trinajstić information content (AvgIpc) is 3.04. The van der Waals surface area contributed by atoms with Gasteiger partial charge < -0.3 is 9.84 Å². The molecule has 30 heavy (non-hydrogen) atoms. The van der Waals surface area contributed by atoms with Gasteiger partial charge in [0.25, 0.3) is 0 Å². The Balaban J connectivity index is 1.60. The summed E-state index contributed by atoms with van der Waals surface area (Å²) in [5.74, 6) is 1.29. The van der Waals surface area contributed by atoms with E-state index in [2.05, 4.69) is 19.9 Å². The molecule has 0 spiro atoms. The van der Waals surface area contributed by atoms with E-state index >= 15 is 0 Å². The van der Waals surface area contributed by atoms with Gasteiger partial charge in [0, 0.05) is 17.8 Å². The molecule has 0 aliphatic heterocycles. The summed E-state index contributed by atoms with van der Waals surface area (Å²) in [6, 6.07) is 0. The lowest BCUT2D eigenvalue weighted by atomic mass is 9.50. The lowest BCUT2D eigenvalue weighted by Gasteiger charge is -2.55. The number of hydrogen-bond donors (Lipinski definition) is 1. The van der Waals surface area contributed by atoms with Gasteiger partial charge in [0.1, 0.15) is 6.10 Å². The van der Waals surface area contributed by atoms with Gasteiger partial charge >= 0.3 is 5.97 Å². The van der Waals surface area contributed by atoms with Crippen LogP contribution in [0.2, 0.25) is 0 Å². The molecule has 4 heteroatoms. The normalized spacial score (nSPS) is 39.3. The smallest absolute Gasteiger partial charge is 0.311 e. The van der Waals surface area contributed by atoms with Crippen LogP contribution in [-0.2, 0) is 14.3 Å².